The maximum Gasteiger partial charge on any atom is 0.312 e. The molecule has 7 saturated carbocycles. The van der Waals surface area contributed by atoms with E-state index in [1.165, 1.54) is 51.4 Å². The Bertz CT molecular complexity index is 1350. The minimum Gasteiger partial charge on any atom is -0.459 e. The predicted molar refractivity (Wildman–Crippen MR) is 210 cm³/mol. The van der Waals surface area contributed by atoms with Crippen LogP contribution in [0.15, 0.2) is 0 Å². The Kier molecular flexibility index (Phi) is 12.5. The second-order valence-corrected chi connectivity index (χ2v) is 21.2. The van der Waals surface area contributed by atoms with Crippen LogP contribution in [-0.2, 0) is 38.1 Å². The minimum absolute atomic E-state index is 0.00857. The summed E-state index contributed by atoms with van der Waals surface area (Å²) >= 11 is 0. The Balaban J connectivity index is 0.000000158. The smallest absolute Gasteiger partial charge is 0.312 e. The third-order valence-electron chi connectivity index (χ3n) is 16.1. The van der Waals surface area contributed by atoms with Crippen LogP contribution in [0, 0.1) is 57.2 Å². The van der Waals surface area contributed by atoms with Gasteiger partial charge in [-0.3, -0.25) is 19.2 Å². The van der Waals surface area contributed by atoms with E-state index in [9.17, 15) is 19.2 Å². The SMILES string of the molecule is CCC(C)(C)C(=O)OC(C)(C)C12CC3CC(CC(C3)C1)C2.CCC(C)(C)C(=O)OC1C2CC3C(=O)OC1C3C2.CCC1(OC(=O)C(C)(C)CC)CCCC1. The molecule has 7 aliphatic carbocycles. The molecular formula is C46H76O8. The van der Waals surface area contributed by atoms with Crippen LogP contribution in [-0.4, -0.2) is 47.3 Å². The highest BCUT2D eigenvalue weighted by Gasteiger charge is 2.64. The Morgan fingerprint density at radius 1 is 0.685 bits per heavy atom. The fraction of sp³-hybridized carbons (Fsp3) is 0.913. The summed E-state index contributed by atoms with van der Waals surface area (Å²) in [4.78, 5) is 48.3. The molecule has 8 nitrogen and oxygen atoms in total. The average Bonchev–Trinajstić information content (AvgIpc) is 3.88. The molecule has 8 aliphatic rings. The first-order valence-electron chi connectivity index (χ1n) is 22.0. The van der Waals surface area contributed by atoms with Crippen molar-refractivity contribution < 1.29 is 38.1 Å². The molecule has 0 aromatic carbocycles. The zero-order valence-electron chi connectivity index (χ0n) is 36.2. The first-order chi connectivity index (χ1) is 25.1. The van der Waals surface area contributed by atoms with E-state index in [2.05, 4.69) is 27.7 Å². The van der Waals surface area contributed by atoms with Gasteiger partial charge in [-0.05, 0) is 176 Å². The van der Waals surface area contributed by atoms with Crippen molar-refractivity contribution in [1.82, 2.24) is 0 Å². The molecule has 1 heterocycles. The summed E-state index contributed by atoms with van der Waals surface area (Å²) in [6, 6.07) is 0. The third kappa shape index (κ3) is 8.43. The van der Waals surface area contributed by atoms with Crippen LogP contribution in [0.3, 0.4) is 0 Å². The fourth-order valence-electron chi connectivity index (χ4n) is 11.0. The molecule has 0 radical (unpaired) electrons. The number of fused-ring (bicyclic) bond motifs is 1. The summed E-state index contributed by atoms with van der Waals surface area (Å²) in [5, 5.41) is 0. The highest BCUT2D eigenvalue weighted by Crippen LogP contribution is 2.64. The number of ether oxygens (including phenoxy) is 4. The number of rotatable bonds is 11. The molecule has 0 aromatic rings. The van der Waals surface area contributed by atoms with Crippen molar-refractivity contribution in [3.63, 3.8) is 0 Å². The Morgan fingerprint density at radius 2 is 1.17 bits per heavy atom. The van der Waals surface area contributed by atoms with Gasteiger partial charge in [0, 0.05) is 17.3 Å². The van der Waals surface area contributed by atoms with Gasteiger partial charge in [0.2, 0.25) is 0 Å². The molecule has 8 heteroatoms. The highest BCUT2D eigenvalue weighted by molar-refractivity contribution is 5.79. The first kappa shape index (κ1) is 43.0. The van der Waals surface area contributed by atoms with Gasteiger partial charge >= 0.3 is 23.9 Å². The van der Waals surface area contributed by atoms with Gasteiger partial charge in [0.25, 0.3) is 0 Å². The zero-order chi connectivity index (χ0) is 40.1. The van der Waals surface area contributed by atoms with Crippen molar-refractivity contribution in [3.05, 3.63) is 0 Å². The Hall–Kier alpha value is -2.12. The van der Waals surface area contributed by atoms with Gasteiger partial charge in [-0.25, -0.2) is 0 Å². The maximum absolute atomic E-state index is 12.6. The number of hydrogen-bond acceptors (Lipinski definition) is 8. The molecule has 5 unspecified atom stereocenters. The molecule has 0 aromatic heterocycles. The van der Waals surface area contributed by atoms with Crippen molar-refractivity contribution in [2.45, 2.75) is 209 Å². The lowest BCUT2D eigenvalue weighted by Crippen LogP contribution is -2.58. The highest BCUT2D eigenvalue weighted by atomic mass is 16.6. The largest absolute Gasteiger partial charge is 0.459 e. The van der Waals surface area contributed by atoms with E-state index >= 15 is 0 Å². The van der Waals surface area contributed by atoms with Crippen LogP contribution < -0.4 is 0 Å². The summed E-state index contributed by atoms with van der Waals surface area (Å²) in [5.41, 5.74) is -1.34. The summed E-state index contributed by atoms with van der Waals surface area (Å²) in [6.45, 7) is 24.3. The van der Waals surface area contributed by atoms with Crippen LogP contribution >= 0.6 is 0 Å². The topological polar surface area (TPSA) is 105 Å². The van der Waals surface area contributed by atoms with E-state index in [0.29, 0.717) is 11.8 Å². The normalized spacial score (nSPS) is 34.3. The average molecular weight is 757 g/mol. The first-order valence-corrected chi connectivity index (χ1v) is 22.0. The molecule has 0 spiro atoms. The zero-order valence-corrected chi connectivity index (χ0v) is 36.2. The summed E-state index contributed by atoms with van der Waals surface area (Å²) in [6.07, 6.45) is 17.5. The Morgan fingerprint density at radius 3 is 1.65 bits per heavy atom. The van der Waals surface area contributed by atoms with E-state index in [0.717, 1.165) is 69.1 Å². The molecule has 8 rings (SSSR count). The van der Waals surface area contributed by atoms with Crippen molar-refractivity contribution in [3.8, 4) is 0 Å². The monoisotopic (exact) mass is 757 g/mol. The lowest BCUT2D eigenvalue weighted by Gasteiger charge is -2.61. The lowest BCUT2D eigenvalue weighted by atomic mass is 9.46. The van der Waals surface area contributed by atoms with Crippen LogP contribution in [0.4, 0.5) is 0 Å². The van der Waals surface area contributed by atoms with Crippen LogP contribution in [0.5, 0.6) is 0 Å². The van der Waals surface area contributed by atoms with E-state index < -0.39 is 5.41 Å². The second kappa shape index (κ2) is 15.7. The van der Waals surface area contributed by atoms with Gasteiger partial charge in [0.1, 0.15) is 23.4 Å². The van der Waals surface area contributed by atoms with E-state index in [1.54, 1.807) is 0 Å². The van der Waals surface area contributed by atoms with Crippen molar-refractivity contribution in [1.29, 1.82) is 0 Å². The summed E-state index contributed by atoms with van der Waals surface area (Å²) in [5.74, 6) is 3.12. The number of hydrogen-bond donors (Lipinski definition) is 0. The van der Waals surface area contributed by atoms with E-state index in [-0.39, 0.29) is 69.5 Å². The molecule has 0 amide bonds. The van der Waals surface area contributed by atoms with Gasteiger partial charge in [-0.1, -0.05) is 27.7 Å². The number of carbonyl (C=O) groups is 4. The standard InChI is InChI=1S/C19H32O2.C14H20O4.C13H24O2/c1-6-17(2,3)16(20)21-18(4,5)19-10-13-7-14(11-19)9-15(8-13)12-19;1-4-14(2,3)13(16)18-10-7-5-8-9(6-7)12(15)17-11(8)10;1-5-12(3,4)11(14)15-13(6-2)9-7-8-10-13/h13-15H,6-12H2,1-5H3;7-11H,4-6H2,1-3H3;5-10H2,1-4H3. The second-order valence-electron chi connectivity index (χ2n) is 21.2. The van der Waals surface area contributed by atoms with Gasteiger partial charge in [0.05, 0.1) is 22.2 Å². The predicted octanol–water partition coefficient (Wildman–Crippen LogP) is 10.6. The van der Waals surface area contributed by atoms with Crippen LogP contribution in [0.1, 0.15) is 186 Å². The van der Waals surface area contributed by atoms with Crippen molar-refractivity contribution in [2.75, 3.05) is 0 Å². The Labute approximate surface area is 327 Å². The van der Waals surface area contributed by atoms with Crippen molar-refractivity contribution >= 4 is 23.9 Å². The van der Waals surface area contributed by atoms with Crippen LogP contribution in [0.25, 0.3) is 0 Å². The van der Waals surface area contributed by atoms with E-state index in [1.807, 2.05) is 55.4 Å². The van der Waals surface area contributed by atoms with E-state index in [4.69, 9.17) is 18.9 Å². The van der Waals surface area contributed by atoms with Crippen LogP contribution in [0.2, 0.25) is 0 Å². The van der Waals surface area contributed by atoms with Gasteiger partial charge in [0.15, 0.2) is 0 Å². The van der Waals surface area contributed by atoms with Gasteiger partial charge in [-0.2, -0.15) is 0 Å². The molecule has 1 aliphatic heterocycles. The quantitative estimate of drug-likeness (QED) is 0.152. The third-order valence-corrected chi connectivity index (χ3v) is 16.1. The van der Waals surface area contributed by atoms with Gasteiger partial charge < -0.3 is 18.9 Å². The molecule has 54 heavy (non-hydrogen) atoms. The fourth-order valence-corrected chi connectivity index (χ4v) is 11.0. The molecule has 6 bridgehead atoms. The minimum atomic E-state index is -0.455. The number of carbonyl (C=O) groups excluding carboxylic acids is 4. The summed E-state index contributed by atoms with van der Waals surface area (Å²) < 4.78 is 23.0. The molecule has 8 fully saturated rings. The summed E-state index contributed by atoms with van der Waals surface area (Å²) in [7, 11) is 0. The molecular weight excluding hydrogens is 680 g/mol. The molecule has 5 atom stereocenters. The molecule has 308 valence electrons. The number of esters is 4. The molecule has 0 N–H and O–H groups in total. The molecule has 1 saturated heterocycles. The maximum atomic E-state index is 12.6. The van der Waals surface area contributed by atoms with Crippen molar-refractivity contribution in [2.24, 2.45) is 57.2 Å². The lowest BCUT2D eigenvalue weighted by molar-refractivity contribution is -0.206. The van der Waals surface area contributed by atoms with Gasteiger partial charge in [-0.15, -0.1) is 0 Å².